The van der Waals surface area contributed by atoms with Gasteiger partial charge >= 0.3 is 0 Å². The second-order valence-electron chi connectivity index (χ2n) is 5.52. The number of rotatable bonds is 6. The van der Waals surface area contributed by atoms with Gasteiger partial charge in [-0.2, -0.15) is 0 Å². The van der Waals surface area contributed by atoms with Gasteiger partial charge in [-0.05, 0) is 24.8 Å². The Bertz CT molecular complexity index is 374. The summed E-state index contributed by atoms with van der Waals surface area (Å²) in [7, 11) is 0. The number of nitrogens with zero attached hydrogens (tertiary/aromatic N) is 3. The fourth-order valence-electron chi connectivity index (χ4n) is 1.88. The number of hydrogen-bond acceptors (Lipinski definition) is 4. The summed E-state index contributed by atoms with van der Waals surface area (Å²) >= 11 is 0. The quantitative estimate of drug-likeness (QED) is 0.842. The number of aromatic nitrogens is 2. The molecule has 1 aromatic heterocycles. The van der Waals surface area contributed by atoms with Gasteiger partial charge in [0, 0.05) is 31.0 Å². The largest absolute Gasteiger partial charge is 0.339 e. The van der Waals surface area contributed by atoms with E-state index in [9.17, 15) is 0 Å². The molecule has 18 heavy (non-hydrogen) atoms. The molecule has 1 aromatic rings. The van der Waals surface area contributed by atoms with E-state index in [1.807, 2.05) is 6.92 Å². The number of anilines is 1. The summed E-state index contributed by atoms with van der Waals surface area (Å²) < 4.78 is 0. The first-order valence-electron chi connectivity index (χ1n) is 6.74. The number of hydrogen-bond donors (Lipinski definition) is 1. The molecule has 0 fully saturated rings. The maximum Gasteiger partial charge on any atom is 0.225 e. The molecular weight excluding hydrogens is 224 g/mol. The predicted octanol–water partition coefficient (Wildman–Crippen LogP) is 2.33. The number of aryl methyl sites for hydroxylation is 1. The summed E-state index contributed by atoms with van der Waals surface area (Å²) in [4.78, 5) is 11.4. The van der Waals surface area contributed by atoms with Crippen molar-refractivity contribution >= 4 is 5.95 Å². The highest BCUT2D eigenvalue weighted by Crippen LogP contribution is 2.17. The molecule has 0 aliphatic carbocycles. The molecule has 102 valence electrons. The average Bonchev–Trinajstić information content (AvgIpc) is 2.27. The summed E-state index contributed by atoms with van der Waals surface area (Å²) in [6.45, 7) is 13.1. The first-order chi connectivity index (χ1) is 8.43. The van der Waals surface area contributed by atoms with E-state index in [-0.39, 0.29) is 0 Å². The van der Waals surface area contributed by atoms with Gasteiger partial charge in [-0.3, -0.25) is 0 Å². The lowest BCUT2D eigenvalue weighted by atomic mass is 10.1. The van der Waals surface area contributed by atoms with E-state index < -0.39 is 0 Å². The summed E-state index contributed by atoms with van der Waals surface area (Å²) in [5, 5.41) is 0. The second kappa shape index (κ2) is 6.69. The van der Waals surface area contributed by atoms with Crippen LogP contribution in [0, 0.1) is 12.8 Å². The average molecular weight is 250 g/mol. The molecular formula is C14H26N4. The Balaban J connectivity index is 3.02. The van der Waals surface area contributed by atoms with Gasteiger partial charge in [0.05, 0.1) is 0 Å². The molecule has 4 nitrogen and oxygen atoms in total. The molecule has 4 heteroatoms. The van der Waals surface area contributed by atoms with E-state index >= 15 is 0 Å². The van der Waals surface area contributed by atoms with Crippen molar-refractivity contribution in [3.8, 4) is 0 Å². The molecule has 0 bridgehead atoms. The van der Waals surface area contributed by atoms with Crippen LogP contribution >= 0.6 is 0 Å². The zero-order chi connectivity index (χ0) is 13.7. The first kappa shape index (κ1) is 14.9. The van der Waals surface area contributed by atoms with Crippen LogP contribution in [0.5, 0.6) is 0 Å². The minimum Gasteiger partial charge on any atom is -0.339 e. The molecule has 0 saturated heterocycles. The Morgan fingerprint density at radius 3 is 2.39 bits per heavy atom. The molecule has 0 spiro atoms. The number of nitrogens with two attached hydrogens (primary N) is 1. The molecule has 0 saturated carbocycles. The summed E-state index contributed by atoms with van der Waals surface area (Å²) in [6, 6.07) is 2.06. The van der Waals surface area contributed by atoms with Crippen LogP contribution < -0.4 is 10.6 Å². The van der Waals surface area contributed by atoms with Crippen molar-refractivity contribution in [2.75, 3.05) is 24.5 Å². The molecule has 1 heterocycles. The fourth-order valence-corrected chi connectivity index (χ4v) is 1.88. The van der Waals surface area contributed by atoms with Crippen LogP contribution in [-0.2, 0) is 0 Å². The molecule has 0 unspecified atom stereocenters. The van der Waals surface area contributed by atoms with Gasteiger partial charge in [0.2, 0.25) is 5.95 Å². The Morgan fingerprint density at radius 2 is 1.89 bits per heavy atom. The lowest BCUT2D eigenvalue weighted by Gasteiger charge is -2.25. The highest BCUT2D eigenvalue weighted by atomic mass is 15.3. The van der Waals surface area contributed by atoms with Crippen LogP contribution in [0.15, 0.2) is 6.07 Å². The van der Waals surface area contributed by atoms with E-state index in [4.69, 9.17) is 5.73 Å². The smallest absolute Gasteiger partial charge is 0.225 e. The highest BCUT2D eigenvalue weighted by molar-refractivity contribution is 5.33. The van der Waals surface area contributed by atoms with Gasteiger partial charge in [0.25, 0.3) is 0 Å². The minimum atomic E-state index is 0.421. The Kier molecular flexibility index (Phi) is 5.54. The van der Waals surface area contributed by atoms with Crippen LogP contribution in [0.3, 0.4) is 0 Å². The molecule has 2 N–H and O–H groups in total. The van der Waals surface area contributed by atoms with Gasteiger partial charge in [0.1, 0.15) is 0 Å². The maximum absolute atomic E-state index is 5.68. The van der Waals surface area contributed by atoms with Crippen molar-refractivity contribution in [1.82, 2.24) is 9.97 Å². The highest BCUT2D eigenvalue weighted by Gasteiger charge is 2.13. The monoisotopic (exact) mass is 250 g/mol. The molecule has 0 atom stereocenters. The van der Waals surface area contributed by atoms with E-state index in [0.717, 1.165) is 30.4 Å². The molecule has 0 aliphatic heterocycles. The van der Waals surface area contributed by atoms with Crippen molar-refractivity contribution in [2.24, 2.45) is 11.7 Å². The van der Waals surface area contributed by atoms with Crippen molar-refractivity contribution in [3.05, 3.63) is 17.5 Å². The first-order valence-corrected chi connectivity index (χ1v) is 6.74. The maximum atomic E-state index is 5.68. The Labute approximate surface area is 111 Å². The minimum absolute atomic E-state index is 0.421. The summed E-state index contributed by atoms with van der Waals surface area (Å²) in [6.07, 6.45) is 0. The van der Waals surface area contributed by atoms with E-state index in [2.05, 4.69) is 48.6 Å². The van der Waals surface area contributed by atoms with Gasteiger partial charge in [-0.15, -0.1) is 0 Å². The molecule has 1 rings (SSSR count). The zero-order valence-electron chi connectivity index (χ0n) is 12.3. The zero-order valence-corrected chi connectivity index (χ0v) is 12.3. The van der Waals surface area contributed by atoms with Gasteiger partial charge in [-0.1, -0.05) is 27.7 Å². The van der Waals surface area contributed by atoms with Crippen LogP contribution in [-0.4, -0.2) is 29.6 Å². The normalized spacial score (nSPS) is 11.3. The van der Waals surface area contributed by atoms with Crippen molar-refractivity contribution in [3.63, 3.8) is 0 Å². The topological polar surface area (TPSA) is 55.0 Å². The molecule has 0 aliphatic rings. The van der Waals surface area contributed by atoms with Crippen LogP contribution in [0.1, 0.15) is 45.0 Å². The van der Waals surface area contributed by atoms with E-state index in [1.165, 1.54) is 0 Å². The molecule has 0 radical (unpaired) electrons. The summed E-state index contributed by atoms with van der Waals surface area (Å²) in [5.74, 6) is 1.81. The predicted molar refractivity (Wildman–Crippen MR) is 77.0 cm³/mol. The van der Waals surface area contributed by atoms with Gasteiger partial charge in [-0.25, -0.2) is 9.97 Å². The Hall–Kier alpha value is -1.16. The standard InChI is InChI=1S/C14H26N4/c1-10(2)9-18(7-6-15)14-16-12(5)8-13(17-14)11(3)4/h8,10-11H,6-7,9,15H2,1-5H3. The summed E-state index contributed by atoms with van der Waals surface area (Å²) in [5.41, 5.74) is 7.80. The van der Waals surface area contributed by atoms with Crippen LogP contribution in [0.2, 0.25) is 0 Å². The van der Waals surface area contributed by atoms with Crippen molar-refractivity contribution in [2.45, 2.75) is 40.5 Å². The third-order valence-corrected chi connectivity index (χ3v) is 2.72. The van der Waals surface area contributed by atoms with Crippen LogP contribution in [0.25, 0.3) is 0 Å². The Morgan fingerprint density at radius 1 is 1.22 bits per heavy atom. The third kappa shape index (κ3) is 4.26. The molecule has 0 amide bonds. The van der Waals surface area contributed by atoms with Crippen molar-refractivity contribution in [1.29, 1.82) is 0 Å². The SMILES string of the molecule is Cc1cc(C(C)C)nc(N(CCN)CC(C)C)n1. The second-order valence-corrected chi connectivity index (χ2v) is 5.52. The van der Waals surface area contributed by atoms with Gasteiger partial charge in [0.15, 0.2) is 0 Å². The molecule has 0 aromatic carbocycles. The fraction of sp³-hybridized carbons (Fsp3) is 0.714. The lowest BCUT2D eigenvalue weighted by Crippen LogP contribution is -2.34. The third-order valence-electron chi connectivity index (χ3n) is 2.72. The van der Waals surface area contributed by atoms with Crippen LogP contribution in [0.4, 0.5) is 5.95 Å². The van der Waals surface area contributed by atoms with E-state index in [1.54, 1.807) is 0 Å². The lowest BCUT2D eigenvalue weighted by molar-refractivity contribution is 0.599. The van der Waals surface area contributed by atoms with Gasteiger partial charge < -0.3 is 10.6 Å². The van der Waals surface area contributed by atoms with E-state index in [0.29, 0.717) is 18.4 Å². The van der Waals surface area contributed by atoms with Crippen molar-refractivity contribution < 1.29 is 0 Å².